The quantitative estimate of drug-likeness (QED) is 0.291. The van der Waals surface area contributed by atoms with Crippen molar-refractivity contribution in [2.24, 2.45) is 5.10 Å². The van der Waals surface area contributed by atoms with E-state index in [1.807, 2.05) is 11.6 Å². The van der Waals surface area contributed by atoms with Crippen LogP contribution in [0.1, 0.15) is 34.5 Å². The number of aromatic nitrogens is 2. The Kier molecular flexibility index (Phi) is 8.36. The van der Waals surface area contributed by atoms with Gasteiger partial charge in [0.25, 0.3) is 0 Å². The molecule has 0 aliphatic carbocycles. The number of hydrogen-bond acceptors (Lipinski definition) is 5. The van der Waals surface area contributed by atoms with Crippen molar-refractivity contribution in [2.75, 3.05) is 39.4 Å². The molecule has 162 valence electrons. The van der Waals surface area contributed by atoms with Crippen molar-refractivity contribution in [2.45, 2.75) is 33.7 Å². The van der Waals surface area contributed by atoms with E-state index in [-0.39, 0.29) is 0 Å². The highest BCUT2D eigenvalue weighted by Gasteiger charge is 2.11. The van der Waals surface area contributed by atoms with Crippen LogP contribution in [0.3, 0.4) is 0 Å². The lowest BCUT2D eigenvalue weighted by atomic mass is 10.1. The first-order valence-corrected chi connectivity index (χ1v) is 10.9. The highest BCUT2D eigenvalue weighted by atomic mass is 32.1. The van der Waals surface area contributed by atoms with Crippen LogP contribution in [0.4, 0.5) is 0 Å². The number of nitrogens with zero attached hydrogens (tertiary/aromatic N) is 4. The van der Waals surface area contributed by atoms with Crippen molar-refractivity contribution in [3.8, 4) is 0 Å². The van der Waals surface area contributed by atoms with Crippen LogP contribution in [-0.2, 0) is 11.3 Å². The number of benzene rings is 1. The normalized spacial score (nSPS) is 14.9. The molecule has 2 heterocycles. The molecule has 0 saturated carbocycles. The molecule has 2 N–H and O–H groups in total. The summed E-state index contributed by atoms with van der Waals surface area (Å²) < 4.78 is 7.38. The number of thiocarbonyl (C=S) groups is 1. The first-order valence-electron chi connectivity index (χ1n) is 10.5. The Hall–Kier alpha value is -2.29. The predicted molar refractivity (Wildman–Crippen MR) is 125 cm³/mol. The number of hydrazone groups is 1. The minimum atomic E-state index is 0.538. The summed E-state index contributed by atoms with van der Waals surface area (Å²) in [6.45, 7) is 12.5. The van der Waals surface area contributed by atoms with Gasteiger partial charge in [-0.2, -0.15) is 10.2 Å². The SMILES string of the molecule is Cc1ccc(Cn2nc(C)c(/C=N\NC(=S)NCCCN3CCOCC3)c2C)cc1. The van der Waals surface area contributed by atoms with Crippen molar-refractivity contribution < 1.29 is 4.74 Å². The molecule has 7 nitrogen and oxygen atoms in total. The van der Waals surface area contributed by atoms with Crippen LogP contribution in [0.25, 0.3) is 0 Å². The molecule has 1 aromatic heterocycles. The second kappa shape index (κ2) is 11.2. The van der Waals surface area contributed by atoms with Crippen LogP contribution >= 0.6 is 12.2 Å². The number of nitrogens with one attached hydrogen (secondary N) is 2. The van der Waals surface area contributed by atoms with Gasteiger partial charge < -0.3 is 10.1 Å². The highest BCUT2D eigenvalue weighted by Crippen LogP contribution is 2.13. The van der Waals surface area contributed by atoms with Gasteiger partial charge in [-0.3, -0.25) is 15.0 Å². The fourth-order valence-corrected chi connectivity index (χ4v) is 3.60. The van der Waals surface area contributed by atoms with Crippen LogP contribution in [-0.4, -0.2) is 65.4 Å². The Morgan fingerprint density at radius 3 is 2.67 bits per heavy atom. The molecule has 0 atom stereocenters. The average molecular weight is 429 g/mol. The molecule has 2 aromatic rings. The Balaban J connectivity index is 1.44. The van der Waals surface area contributed by atoms with Crippen molar-refractivity contribution >= 4 is 23.5 Å². The molecule has 1 saturated heterocycles. The number of rotatable bonds is 8. The minimum Gasteiger partial charge on any atom is -0.379 e. The van der Waals surface area contributed by atoms with E-state index < -0.39 is 0 Å². The summed E-state index contributed by atoms with van der Waals surface area (Å²) in [7, 11) is 0. The molecular weight excluding hydrogens is 396 g/mol. The second-order valence-corrected chi connectivity index (χ2v) is 8.07. The Labute approximate surface area is 184 Å². The zero-order chi connectivity index (χ0) is 21.3. The second-order valence-electron chi connectivity index (χ2n) is 7.66. The highest BCUT2D eigenvalue weighted by molar-refractivity contribution is 7.80. The van der Waals surface area contributed by atoms with Crippen molar-refractivity contribution in [3.05, 3.63) is 52.3 Å². The van der Waals surface area contributed by atoms with E-state index in [4.69, 9.17) is 17.0 Å². The topological polar surface area (TPSA) is 66.7 Å². The van der Waals surface area contributed by atoms with E-state index in [1.165, 1.54) is 11.1 Å². The maximum atomic E-state index is 5.37. The van der Waals surface area contributed by atoms with Gasteiger partial charge in [0.2, 0.25) is 0 Å². The summed E-state index contributed by atoms with van der Waals surface area (Å²) in [6.07, 6.45) is 2.83. The maximum Gasteiger partial charge on any atom is 0.186 e. The zero-order valence-corrected chi connectivity index (χ0v) is 19.0. The lowest BCUT2D eigenvalue weighted by Crippen LogP contribution is -2.39. The predicted octanol–water partition coefficient (Wildman–Crippen LogP) is 2.38. The zero-order valence-electron chi connectivity index (χ0n) is 18.1. The van der Waals surface area contributed by atoms with Gasteiger partial charge in [-0.1, -0.05) is 29.8 Å². The molecule has 0 bridgehead atoms. The van der Waals surface area contributed by atoms with E-state index in [0.717, 1.165) is 69.3 Å². The van der Waals surface area contributed by atoms with E-state index in [9.17, 15) is 0 Å². The summed E-state index contributed by atoms with van der Waals surface area (Å²) in [5.41, 5.74) is 8.46. The molecule has 1 aliphatic rings. The molecule has 1 aromatic carbocycles. The van der Waals surface area contributed by atoms with Gasteiger partial charge in [-0.05, 0) is 51.5 Å². The van der Waals surface area contributed by atoms with Gasteiger partial charge >= 0.3 is 0 Å². The molecule has 1 aliphatic heterocycles. The van der Waals surface area contributed by atoms with Crippen LogP contribution in [0.5, 0.6) is 0 Å². The van der Waals surface area contributed by atoms with Crippen LogP contribution in [0, 0.1) is 20.8 Å². The number of ether oxygens (including phenoxy) is 1. The number of morpholine rings is 1. The first-order chi connectivity index (χ1) is 14.5. The summed E-state index contributed by atoms with van der Waals surface area (Å²) in [4.78, 5) is 2.42. The summed E-state index contributed by atoms with van der Waals surface area (Å²) in [5, 5.41) is 12.7. The summed E-state index contributed by atoms with van der Waals surface area (Å²) >= 11 is 5.32. The van der Waals surface area contributed by atoms with Crippen LogP contribution < -0.4 is 10.7 Å². The molecule has 3 rings (SSSR count). The van der Waals surface area contributed by atoms with Crippen molar-refractivity contribution in [1.82, 2.24) is 25.4 Å². The molecule has 0 radical (unpaired) electrons. The third kappa shape index (κ3) is 6.62. The Morgan fingerprint density at radius 2 is 1.93 bits per heavy atom. The van der Waals surface area contributed by atoms with E-state index >= 15 is 0 Å². The Morgan fingerprint density at radius 1 is 1.20 bits per heavy atom. The maximum absolute atomic E-state index is 5.37. The van der Waals surface area contributed by atoms with Gasteiger partial charge in [0, 0.05) is 30.9 Å². The molecule has 0 spiro atoms. The standard InChI is InChI=1S/C22H32N6OS/c1-17-5-7-20(8-6-17)16-28-19(3)21(18(2)26-28)15-24-25-22(30)23-9-4-10-27-11-13-29-14-12-27/h5-8,15H,4,9-14,16H2,1-3H3,(H2,23,25,30)/b24-15-. The monoisotopic (exact) mass is 428 g/mol. The molecular formula is C22H32N6OS. The third-order valence-corrected chi connectivity index (χ3v) is 5.53. The van der Waals surface area contributed by atoms with E-state index in [1.54, 1.807) is 6.21 Å². The third-order valence-electron chi connectivity index (χ3n) is 5.29. The van der Waals surface area contributed by atoms with Gasteiger partial charge in [0.05, 0.1) is 31.7 Å². The van der Waals surface area contributed by atoms with Gasteiger partial charge in [-0.25, -0.2) is 0 Å². The van der Waals surface area contributed by atoms with Gasteiger partial charge in [0.15, 0.2) is 5.11 Å². The van der Waals surface area contributed by atoms with E-state index in [0.29, 0.717) is 5.11 Å². The largest absolute Gasteiger partial charge is 0.379 e. The van der Waals surface area contributed by atoms with E-state index in [2.05, 4.69) is 64.0 Å². The summed E-state index contributed by atoms with van der Waals surface area (Å²) in [6, 6.07) is 8.54. The van der Waals surface area contributed by atoms with Gasteiger partial charge in [0.1, 0.15) is 0 Å². The van der Waals surface area contributed by atoms with Crippen molar-refractivity contribution in [1.29, 1.82) is 0 Å². The van der Waals surface area contributed by atoms with Crippen LogP contribution in [0.15, 0.2) is 29.4 Å². The van der Waals surface area contributed by atoms with Crippen molar-refractivity contribution in [3.63, 3.8) is 0 Å². The fourth-order valence-electron chi connectivity index (χ4n) is 3.44. The lowest BCUT2D eigenvalue weighted by Gasteiger charge is -2.26. The molecule has 8 heteroatoms. The average Bonchev–Trinajstić information content (AvgIpc) is 3.01. The van der Waals surface area contributed by atoms with Gasteiger partial charge in [-0.15, -0.1) is 0 Å². The summed E-state index contributed by atoms with van der Waals surface area (Å²) in [5.74, 6) is 0. The smallest absolute Gasteiger partial charge is 0.186 e. The van der Waals surface area contributed by atoms with Crippen LogP contribution in [0.2, 0.25) is 0 Å². The number of hydrogen-bond donors (Lipinski definition) is 2. The first kappa shape index (κ1) is 22.4. The molecule has 1 fully saturated rings. The number of aryl methyl sites for hydroxylation is 2. The fraction of sp³-hybridized carbons (Fsp3) is 0.500. The lowest BCUT2D eigenvalue weighted by molar-refractivity contribution is 0.0376. The minimum absolute atomic E-state index is 0.538. The molecule has 0 unspecified atom stereocenters. The Bertz CT molecular complexity index is 855. The molecule has 30 heavy (non-hydrogen) atoms. The molecule has 0 amide bonds.